The highest BCUT2D eigenvalue weighted by molar-refractivity contribution is 5.95. The molecule has 0 spiro atoms. The SMILES string of the molecule is CC(C)(C)c1cn(C[C@H]2CCCN(C(=O)c3ccc4c(c3)OCO4)C2)nn1. The first-order valence-corrected chi connectivity index (χ1v) is 9.50. The van der Waals surface area contributed by atoms with Crippen molar-refractivity contribution in [1.29, 1.82) is 0 Å². The van der Waals surface area contributed by atoms with Crippen LogP contribution < -0.4 is 9.47 Å². The van der Waals surface area contributed by atoms with Crippen molar-refractivity contribution < 1.29 is 14.3 Å². The van der Waals surface area contributed by atoms with E-state index < -0.39 is 0 Å². The van der Waals surface area contributed by atoms with E-state index in [1.54, 1.807) is 12.1 Å². The summed E-state index contributed by atoms with van der Waals surface area (Å²) >= 11 is 0. The third kappa shape index (κ3) is 3.77. The van der Waals surface area contributed by atoms with E-state index in [1.807, 2.05) is 21.8 Å². The Morgan fingerprint density at radius 3 is 2.85 bits per heavy atom. The number of carbonyl (C=O) groups is 1. The Morgan fingerprint density at radius 2 is 2.07 bits per heavy atom. The molecule has 2 aliphatic rings. The van der Waals surface area contributed by atoms with Gasteiger partial charge in [0, 0.05) is 36.8 Å². The van der Waals surface area contributed by atoms with E-state index in [9.17, 15) is 4.79 Å². The lowest BCUT2D eigenvalue weighted by atomic mass is 9.93. The fraction of sp³-hybridized carbons (Fsp3) is 0.550. The van der Waals surface area contributed by atoms with Crippen LogP contribution in [0.3, 0.4) is 0 Å². The van der Waals surface area contributed by atoms with E-state index >= 15 is 0 Å². The van der Waals surface area contributed by atoms with Gasteiger partial charge in [-0.3, -0.25) is 9.48 Å². The van der Waals surface area contributed by atoms with Crippen LogP contribution in [0.25, 0.3) is 0 Å². The lowest BCUT2D eigenvalue weighted by molar-refractivity contribution is 0.0659. The van der Waals surface area contributed by atoms with Gasteiger partial charge in [0.2, 0.25) is 6.79 Å². The van der Waals surface area contributed by atoms with Crippen LogP contribution in [-0.2, 0) is 12.0 Å². The number of nitrogens with zero attached hydrogens (tertiary/aromatic N) is 4. The standard InChI is InChI=1S/C20H26N4O3/c1-20(2,3)18-12-24(22-21-18)11-14-5-4-8-23(10-14)19(25)15-6-7-16-17(9-15)27-13-26-16/h6-7,9,12,14H,4-5,8,10-11,13H2,1-3H3/t14-/m0/s1. The first-order valence-electron chi connectivity index (χ1n) is 9.50. The minimum atomic E-state index is -0.00777. The summed E-state index contributed by atoms with van der Waals surface area (Å²) in [5.41, 5.74) is 1.63. The summed E-state index contributed by atoms with van der Waals surface area (Å²) in [5.74, 6) is 1.77. The topological polar surface area (TPSA) is 69.5 Å². The Kier molecular flexibility index (Phi) is 4.53. The number of rotatable bonds is 3. The van der Waals surface area contributed by atoms with Crippen LogP contribution >= 0.6 is 0 Å². The number of carbonyl (C=O) groups excluding carboxylic acids is 1. The van der Waals surface area contributed by atoms with Crippen LogP contribution in [-0.4, -0.2) is 45.7 Å². The molecule has 1 aromatic carbocycles. The van der Waals surface area contributed by atoms with E-state index in [0.717, 1.165) is 38.2 Å². The van der Waals surface area contributed by atoms with Crippen LogP contribution in [0.15, 0.2) is 24.4 Å². The molecule has 27 heavy (non-hydrogen) atoms. The summed E-state index contributed by atoms with van der Waals surface area (Å²) in [6.45, 7) is 8.92. The Labute approximate surface area is 159 Å². The average Bonchev–Trinajstić information content (AvgIpc) is 3.29. The summed E-state index contributed by atoms with van der Waals surface area (Å²) in [6, 6.07) is 5.40. The molecular weight excluding hydrogens is 344 g/mol. The third-order valence-electron chi connectivity index (χ3n) is 5.18. The van der Waals surface area contributed by atoms with Gasteiger partial charge in [-0.15, -0.1) is 5.10 Å². The quantitative estimate of drug-likeness (QED) is 0.831. The molecule has 0 aliphatic carbocycles. The number of hydrogen-bond acceptors (Lipinski definition) is 5. The lowest BCUT2D eigenvalue weighted by Gasteiger charge is -2.32. The minimum absolute atomic E-state index is 0.00777. The van der Waals surface area contributed by atoms with Gasteiger partial charge >= 0.3 is 0 Å². The summed E-state index contributed by atoms with van der Waals surface area (Å²) in [6.07, 6.45) is 4.12. The number of hydrogen-bond donors (Lipinski definition) is 0. The molecule has 1 fully saturated rings. The smallest absolute Gasteiger partial charge is 0.254 e. The van der Waals surface area contributed by atoms with Crippen LogP contribution in [0.5, 0.6) is 11.5 Å². The van der Waals surface area contributed by atoms with E-state index in [4.69, 9.17) is 9.47 Å². The average molecular weight is 370 g/mol. The van der Waals surface area contributed by atoms with E-state index in [-0.39, 0.29) is 18.1 Å². The van der Waals surface area contributed by atoms with E-state index in [1.165, 1.54) is 0 Å². The summed E-state index contributed by atoms with van der Waals surface area (Å²) in [7, 11) is 0. The maximum Gasteiger partial charge on any atom is 0.254 e. The number of likely N-dealkylation sites (tertiary alicyclic amines) is 1. The summed E-state index contributed by atoms with van der Waals surface area (Å²) in [4.78, 5) is 14.9. The number of fused-ring (bicyclic) bond motifs is 1. The maximum absolute atomic E-state index is 12.9. The van der Waals surface area contributed by atoms with Gasteiger partial charge in [-0.25, -0.2) is 0 Å². The molecule has 0 bridgehead atoms. The van der Waals surface area contributed by atoms with Crippen molar-refractivity contribution in [3.8, 4) is 11.5 Å². The van der Waals surface area contributed by atoms with Crippen molar-refractivity contribution in [2.75, 3.05) is 19.9 Å². The second-order valence-corrected chi connectivity index (χ2v) is 8.40. The van der Waals surface area contributed by atoms with Gasteiger partial charge in [-0.05, 0) is 37.0 Å². The molecule has 1 atom stereocenters. The molecule has 0 saturated carbocycles. The molecular formula is C20H26N4O3. The number of benzene rings is 1. The molecule has 0 N–H and O–H groups in total. The van der Waals surface area contributed by atoms with Crippen molar-refractivity contribution in [3.63, 3.8) is 0 Å². The number of piperidine rings is 1. The minimum Gasteiger partial charge on any atom is -0.454 e. The van der Waals surface area contributed by atoms with Crippen molar-refractivity contribution in [2.45, 2.75) is 45.6 Å². The maximum atomic E-state index is 12.9. The summed E-state index contributed by atoms with van der Waals surface area (Å²) in [5, 5.41) is 8.57. The van der Waals surface area contributed by atoms with Crippen molar-refractivity contribution >= 4 is 5.91 Å². The van der Waals surface area contributed by atoms with Gasteiger partial charge in [-0.1, -0.05) is 26.0 Å². The number of amides is 1. The Morgan fingerprint density at radius 1 is 1.26 bits per heavy atom. The predicted molar refractivity (Wildman–Crippen MR) is 99.9 cm³/mol. The fourth-order valence-electron chi connectivity index (χ4n) is 3.61. The molecule has 0 unspecified atom stereocenters. The predicted octanol–water partition coefficient (Wildman–Crippen LogP) is 2.86. The van der Waals surface area contributed by atoms with Crippen LogP contribution in [0.1, 0.15) is 49.7 Å². The highest BCUT2D eigenvalue weighted by Gasteiger charge is 2.27. The van der Waals surface area contributed by atoms with Crippen LogP contribution in [0.2, 0.25) is 0 Å². The van der Waals surface area contributed by atoms with Gasteiger partial charge in [0.1, 0.15) is 0 Å². The normalized spacial score (nSPS) is 19.4. The number of ether oxygens (including phenoxy) is 2. The molecule has 7 nitrogen and oxygen atoms in total. The van der Waals surface area contributed by atoms with Gasteiger partial charge in [0.15, 0.2) is 11.5 Å². The second-order valence-electron chi connectivity index (χ2n) is 8.40. The zero-order valence-electron chi connectivity index (χ0n) is 16.1. The molecule has 7 heteroatoms. The van der Waals surface area contributed by atoms with Crippen LogP contribution in [0.4, 0.5) is 0 Å². The van der Waals surface area contributed by atoms with Gasteiger partial charge in [0.25, 0.3) is 5.91 Å². The van der Waals surface area contributed by atoms with Gasteiger partial charge < -0.3 is 14.4 Å². The Balaban J connectivity index is 1.42. The molecule has 1 aromatic heterocycles. The Hall–Kier alpha value is -2.57. The van der Waals surface area contributed by atoms with Crippen molar-refractivity contribution in [1.82, 2.24) is 19.9 Å². The second kappa shape index (κ2) is 6.87. The zero-order chi connectivity index (χ0) is 19.0. The molecule has 3 heterocycles. The Bertz CT molecular complexity index is 840. The molecule has 2 aliphatic heterocycles. The van der Waals surface area contributed by atoms with E-state index in [2.05, 4.69) is 31.1 Å². The van der Waals surface area contributed by atoms with Gasteiger partial charge in [-0.2, -0.15) is 0 Å². The molecule has 4 rings (SSSR count). The van der Waals surface area contributed by atoms with Crippen molar-refractivity contribution in [3.05, 3.63) is 35.7 Å². The molecule has 144 valence electrons. The largest absolute Gasteiger partial charge is 0.454 e. The molecule has 2 aromatic rings. The van der Waals surface area contributed by atoms with Crippen LogP contribution in [0, 0.1) is 5.92 Å². The highest BCUT2D eigenvalue weighted by Crippen LogP contribution is 2.33. The number of aromatic nitrogens is 3. The zero-order valence-corrected chi connectivity index (χ0v) is 16.1. The first-order chi connectivity index (χ1) is 12.9. The summed E-state index contributed by atoms with van der Waals surface area (Å²) < 4.78 is 12.6. The molecule has 0 radical (unpaired) electrons. The van der Waals surface area contributed by atoms with Gasteiger partial charge in [0.05, 0.1) is 5.69 Å². The lowest BCUT2D eigenvalue weighted by Crippen LogP contribution is -2.41. The molecule has 1 amide bonds. The van der Waals surface area contributed by atoms with Crippen molar-refractivity contribution in [2.24, 2.45) is 5.92 Å². The third-order valence-corrected chi connectivity index (χ3v) is 5.18. The molecule has 1 saturated heterocycles. The monoisotopic (exact) mass is 370 g/mol. The fourth-order valence-corrected chi connectivity index (χ4v) is 3.61. The van der Waals surface area contributed by atoms with E-state index in [0.29, 0.717) is 23.0 Å². The first kappa shape index (κ1) is 17.8. The highest BCUT2D eigenvalue weighted by atomic mass is 16.7.